The molecular formula is C13H6N2O10S2-2. The molecule has 0 heterocycles. The number of rotatable bonds is 4. The Morgan fingerprint density at radius 3 is 1.30 bits per heavy atom. The van der Waals surface area contributed by atoms with Gasteiger partial charge in [0, 0.05) is 12.1 Å². The molecule has 142 valence electrons. The van der Waals surface area contributed by atoms with Gasteiger partial charge in [-0.2, -0.15) is 0 Å². The first-order valence-electron chi connectivity index (χ1n) is 6.85. The molecule has 2 aromatic rings. The van der Waals surface area contributed by atoms with Gasteiger partial charge in [-0.3, -0.25) is 20.2 Å². The molecule has 1 aliphatic rings. The van der Waals surface area contributed by atoms with Crippen molar-refractivity contribution in [1.82, 2.24) is 0 Å². The molecule has 0 radical (unpaired) electrons. The smallest absolute Gasteiger partial charge is 0.279 e. The summed E-state index contributed by atoms with van der Waals surface area (Å²) < 4.78 is 67.4. The van der Waals surface area contributed by atoms with E-state index >= 15 is 0 Å². The summed E-state index contributed by atoms with van der Waals surface area (Å²) in [4.78, 5) is 18.9. The average Bonchev–Trinajstić information content (AvgIpc) is 2.89. The molecule has 0 N–H and O–H groups in total. The minimum Gasteiger partial charge on any atom is -0.744 e. The van der Waals surface area contributed by atoms with E-state index in [1.807, 2.05) is 0 Å². The van der Waals surface area contributed by atoms with Crippen LogP contribution in [-0.4, -0.2) is 35.8 Å². The molecule has 0 aromatic heterocycles. The summed E-state index contributed by atoms with van der Waals surface area (Å²) >= 11 is 0. The maximum Gasteiger partial charge on any atom is 0.279 e. The molecule has 1 aliphatic carbocycles. The molecule has 14 heteroatoms. The highest BCUT2D eigenvalue weighted by Crippen LogP contribution is 2.48. The highest BCUT2D eigenvalue weighted by atomic mass is 32.2. The third kappa shape index (κ3) is 3.14. The minimum atomic E-state index is -5.06. The van der Waals surface area contributed by atoms with Crippen molar-refractivity contribution in [1.29, 1.82) is 0 Å². The zero-order valence-corrected chi connectivity index (χ0v) is 14.4. The Kier molecular flexibility index (Phi) is 4.03. The van der Waals surface area contributed by atoms with E-state index in [4.69, 9.17) is 0 Å². The minimum absolute atomic E-state index is 0.0860. The molecule has 0 fully saturated rings. The molecule has 0 saturated heterocycles. The van der Waals surface area contributed by atoms with Crippen LogP contribution in [0.5, 0.6) is 0 Å². The van der Waals surface area contributed by atoms with Gasteiger partial charge in [-0.15, -0.1) is 0 Å². The second kappa shape index (κ2) is 5.78. The number of hydrogen-bond donors (Lipinski definition) is 0. The summed E-state index contributed by atoms with van der Waals surface area (Å²) in [6, 6.07) is 2.63. The number of nitro groups is 2. The Hall–Kier alpha value is -2.94. The van der Waals surface area contributed by atoms with Crippen LogP contribution in [0.3, 0.4) is 0 Å². The summed E-state index contributed by atoms with van der Waals surface area (Å²) in [5, 5.41) is 22.7. The van der Waals surface area contributed by atoms with Crippen molar-refractivity contribution in [2.24, 2.45) is 0 Å². The maximum absolute atomic E-state index is 11.3. The van der Waals surface area contributed by atoms with Gasteiger partial charge in [0.05, 0.1) is 30.8 Å². The topological polar surface area (TPSA) is 201 Å². The Morgan fingerprint density at radius 1 is 0.704 bits per heavy atom. The van der Waals surface area contributed by atoms with Crippen LogP contribution >= 0.6 is 0 Å². The second-order valence-electron chi connectivity index (χ2n) is 5.55. The van der Waals surface area contributed by atoms with Gasteiger partial charge in [0.25, 0.3) is 11.4 Å². The van der Waals surface area contributed by atoms with Crippen LogP contribution in [0.4, 0.5) is 11.4 Å². The predicted molar refractivity (Wildman–Crippen MR) is 83.9 cm³/mol. The SMILES string of the molecule is O=[N+]([O-])c1cc(S(=O)(=O)[O-])cc2c1-c1c(cc(S(=O)(=O)[O-])cc1[N+](=O)[O-])C2. The van der Waals surface area contributed by atoms with Crippen LogP contribution < -0.4 is 0 Å². The lowest BCUT2D eigenvalue weighted by Crippen LogP contribution is -2.03. The van der Waals surface area contributed by atoms with Crippen molar-refractivity contribution in [3.63, 3.8) is 0 Å². The zero-order chi connectivity index (χ0) is 20.3. The Balaban J connectivity index is 2.44. The third-order valence-electron chi connectivity index (χ3n) is 3.95. The van der Waals surface area contributed by atoms with Gasteiger partial charge in [-0.1, -0.05) is 0 Å². The molecule has 0 unspecified atom stereocenters. The lowest BCUT2D eigenvalue weighted by atomic mass is 10.0. The molecule has 27 heavy (non-hydrogen) atoms. The largest absolute Gasteiger partial charge is 0.744 e. The lowest BCUT2D eigenvalue weighted by molar-refractivity contribution is -0.386. The van der Waals surface area contributed by atoms with E-state index in [-0.39, 0.29) is 28.7 Å². The standard InChI is InChI=1S/C13H8N2O10S2/c16-14(17)10-4-8(26(20,21)22)2-6-1-7-3-9(27(23,24)25)5-11(15(18)19)13(7)12(6)10/h2-5H,1H2,(H,20,21,22)(H,23,24,25)/p-2. The molecule has 12 nitrogen and oxygen atoms in total. The third-order valence-corrected chi connectivity index (χ3v) is 5.57. The fourth-order valence-corrected chi connectivity index (χ4v) is 4.04. The van der Waals surface area contributed by atoms with E-state index < -0.39 is 51.2 Å². The molecule has 0 bridgehead atoms. The summed E-state index contributed by atoms with van der Waals surface area (Å²) in [5.41, 5.74) is -2.50. The van der Waals surface area contributed by atoms with Crippen LogP contribution in [0.1, 0.15) is 11.1 Å². The van der Waals surface area contributed by atoms with Gasteiger partial charge in [-0.05, 0) is 29.7 Å². The number of fused-ring (bicyclic) bond motifs is 3. The summed E-state index contributed by atoms with van der Waals surface area (Å²) in [6.07, 6.45) is -0.334. The van der Waals surface area contributed by atoms with Gasteiger partial charge in [0.15, 0.2) is 0 Å². The molecule has 0 atom stereocenters. The van der Waals surface area contributed by atoms with Crippen LogP contribution in [0.15, 0.2) is 34.1 Å². The molecule has 0 spiro atoms. The fourth-order valence-electron chi connectivity index (χ4n) is 2.95. The summed E-state index contributed by atoms with van der Waals surface area (Å²) in [6.45, 7) is 0. The van der Waals surface area contributed by atoms with Crippen LogP contribution in [0, 0.1) is 20.2 Å². The Labute approximate surface area is 150 Å². The van der Waals surface area contributed by atoms with Crippen molar-refractivity contribution in [3.05, 3.63) is 55.6 Å². The quantitative estimate of drug-likeness (QED) is 0.335. The number of nitro benzene ring substituents is 2. The number of nitrogens with zero attached hydrogens (tertiary/aromatic N) is 2. The molecular weight excluding hydrogens is 408 g/mol. The second-order valence-corrected chi connectivity index (χ2v) is 8.31. The van der Waals surface area contributed by atoms with Gasteiger partial charge < -0.3 is 9.11 Å². The molecule has 2 aromatic carbocycles. The van der Waals surface area contributed by atoms with E-state index in [1.165, 1.54) is 0 Å². The highest BCUT2D eigenvalue weighted by Gasteiger charge is 2.35. The molecule has 0 amide bonds. The van der Waals surface area contributed by atoms with Gasteiger partial charge in [0.1, 0.15) is 20.2 Å². The first kappa shape index (κ1) is 18.8. The van der Waals surface area contributed by atoms with E-state index in [1.54, 1.807) is 0 Å². The van der Waals surface area contributed by atoms with Gasteiger partial charge >= 0.3 is 0 Å². The first-order chi connectivity index (χ1) is 12.3. The van der Waals surface area contributed by atoms with Crippen molar-refractivity contribution in [2.45, 2.75) is 16.2 Å². The number of benzene rings is 2. The predicted octanol–water partition coefficient (Wildman–Crippen LogP) is 0.882. The highest BCUT2D eigenvalue weighted by molar-refractivity contribution is 7.86. The molecule has 0 aliphatic heterocycles. The number of hydrogen-bond acceptors (Lipinski definition) is 10. The van der Waals surface area contributed by atoms with Crippen molar-refractivity contribution in [3.8, 4) is 11.1 Å². The molecule has 3 rings (SSSR count). The zero-order valence-electron chi connectivity index (χ0n) is 12.8. The van der Waals surface area contributed by atoms with Crippen LogP contribution in [-0.2, 0) is 26.7 Å². The van der Waals surface area contributed by atoms with Crippen molar-refractivity contribution >= 4 is 31.6 Å². The van der Waals surface area contributed by atoms with E-state index in [0.717, 1.165) is 12.1 Å². The van der Waals surface area contributed by atoms with Crippen molar-refractivity contribution < 1.29 is 35.8 Å². The van der Waals surface area contributed by atoms with E-state index in [9.17, 15) is 46.2 Å². The van der Waals surface area contributed by atoms with Crippen LogP contribution in [0.2, 0.25) is 0 Å². The normalized spacial score (nSPS) is 13.1. The fraction of sp³-hybridized carbons (Fsp3) is 0.0769. The van der Waals surface area contributed by atoms with E-state index in [2.05, 4.69) is 0 Å². The van der Waals surface area contributed by atoms with Gasteiger partial charge in [0.2, 0.25) is 0 Å². The Bertz CT molecular complexity index is 1150. The summed E-state index contributed by atoms with van der Waals surface area (Å²) in [5.74, 6) is 0. The van der Waals surface area contributed by atoms with Crippen molar-refractivity contribution in [2.75, 3.05) is 0 Å². The maximum atomic E-state index is 11.3. The van der Waals surface area contributed by atoms with Gasteiger partial charge in [-0.25, -0.2) is 16.8 Å². The lowest BCUT2D eigenvalue weighted by Gasteiger charge is -2.11. The van der Waals surface area contributed by atoms with E-state index in [0.29, 0.717) is 12.1 Å². The monoisotopic (exact) mass is 414 g/mol. The Morgan fingerprint density at radius 2 is 1.04 bits per heavy atom. The first-order valence-corrected chi connectivity index (χ1v) is 9.67. The summed E-state index contributed by atoms with van der Waals surface area (Å²) in [7, 11) is -10.1. The molecule has 0 saturated carbocycles. The average molecular weight is 414 g/mol. The van der Waals surface area contributed by atoms with Crippen LogP contribution in [0.25, 0.3) is 11.1 Å².